The predicted octanol–water partition coefficient (Wildman–Crippen LogP) is 6.56. The Balaban J connectivity index is 0.00000308. The number of phenols is 1. The van der Waals surface area contributed by atoms with E-state index in [9.17, 15) is 5.11 Å². The average molecular weight is 662 g/mol. The topological polar surface area (TPSA) is 63.9 Å². The number of aromatic hydroxyl groups is 1. The van der Waals surface area contributed by atoms with Crippen LogP contribution in [-0.2, 0) is 37.8 Å². The summed E-state index contributed by atoms with van der Waals surface area (Å²) in [5, 5.41) is 11.0. The third kappa shape index (κ3) is 3.56. The molecule has 1 N–H and O–H groups in total. The second-order valence-electron chi connectivity index (χ2n) is 10.2. The van der Waals surface area contributed by atoms with Gasteiger partial charge in [0.05, 0.1) is 0 Å². The first-order valence-electron chi connectivity index (χ1n) is 13.1. The third-order valence-corrected chi connectivity index (χ3v) is 7.07. The van der Waals surface area contributed by atoms with Crippen molar-refractivity contribution in [1.29, 1.82) is 0 Å². The summed E-state index contributed by atoms with van der Waals surface area (Å²) in [6.45, 7) is 3.55. The number of hydrogen-bond donors (Lipinski definition) is 1. The maximum Gasteiger partial charge on any atom is 0.217 e. The summed E-state index contributed by atoms with van der Waals surface area (Å²) in [4.78, 5) is 9.33. The molecule has 2 aliphatic rings. The number of pyridine rings is 1. The van der Waals surface area contributed by atoms with E-state index in [1.807, 2.05) is 57.2 Å². The molecule has 1 aliphatic carbocycles. The molecule has 186 valence electrons. The molecule has 0 fully saturated rings. The van der Waals surface area contributed by atoms with Crippen LogP contribution in [0.5, 0.6) is 17.4 Å². The van der Waals surface area contributed by atoms with Crippen LogP contribution in [0.2, 0.25) is 0 Å². The fourth-order valence-electron chi connectivity index (χ4n) is 5.23. The molecule has 5 nitrogen and oxygen atoms in total. The van der Waals surface area contributed by atoms with Crippen molar-refractivity contribution in [1.82, 2.24) is 4.98 Å². The van der Waals surface area contributed by atoms with Crippen molar-refractivity contribution in [2.45, 2.75) is 45.2 Å². The van der Waals surface area contributed by atoms with Gasteiger partial charge in [-0.15, -0.1) is 18.2 Å². The molecule has 6 rings (SSSR count). The first-order valence-corrected chi connectivity index (χ1v) is 11.6. The van der Waals surface area contributed by atoms with Gasteiger partial charge in [0, 0.05) is 54.2 Å². The summed E-state index contributed by atoms with van der Waals surface area (Å²) in [6, 6.07) is 24.8. The van der Waals surface area contributed by atoms with Crippen molar-refractivity contribution < 1.29 is 39.8 Å². The van der Waals surface area contributed by atoms with Crippen molar-refractivity contribution >= 4 is 16.8 Å². The van der Waals surface area contributed by atoms with Gasteiger partial charge in [0.2, 0.25) is 5.88 Å². The van der Waals surface area contributed by atoms with Crippen LogP contribution in [0.3, 0.4) is 0 Å². The number of phenolic OH excluding ortho intramolecular Hbond substituents is 1. The minimum atomic E-state index is -2.46. The molecule has 4 aromatic rings. The number of hydrogen-bond acceptors (Lipinski definition) is 5. The molecule has 1 aliphatic heterocycles. The Morgan fingerprint density at radius 3 is 2.64 bits per heavy atom. The number of ether oxygens (including phenoxy) is 2. The van der Waals surface area contributed by atoms with Gasteiger partial charge in [-0.3, -0.25) is 4.99 Å². The molecule has 0 spiro atoms. The van der Waals surface area contributed by atoms with E-state index < -0.39 is 23.4 Å². The van der Waals surface area contributed by atoms with Crippen LogP contribution in [0, 0.1) is 11.5 Å². The quantitative estimate of drug-likeness (QED) is 0.253. The first-order chi connectivity index (χ1) is 18.0. The Morgan fingerprint density at radius 1 is 1.03 bits per heavy atom. The van der Waals surface area contributed by atoms with Gasteiger partial charge < -0.3 is 14.6 Å². The minimum Gasteiger partial charge on any atom is -0.510 e. The molecule has 2 heterocycles. The number of para-hydroxylation sites is 1. The van der Waals surface area contributed by atoms with E-state index in [1.54, 1.807) is 36.4 Å². The summed E-state index contributed by atoms with van der Waals surface area (Å²) in [7, 11) is 0. The summed E-state index contributed by atoms with van der Waals surface area (Å²) in [5.41, 5.74) is -0.700. The van der Waals surface area contributed by atoms with Gasteiger partial charge in [0.1, 0.15) is 28.3 Å². The first kappa shape index (κ1) is 21.0. The van der Waals surface area contributed by atoms with Crippen LogP contribution in [0.1, 0.15) is 48.4 Å². The largest absolute Gasteiger partial charge is 0.510 e. The standard InChI is InChI=1S/C30H27N2O3.Pt/c1-28(2,3)30-18-21-9-5-6-13-23(21)29(30,4)32-27(35-30)20-11-7-12-22(17-20)34-25-16-15-19-10-8-14-24(33)26(19)31-25;/h5-16,33H,18H2,1-4H3;/q-1;/t29-,30-;/m0./s1/i4D3;. The third-order valence-electron chi connectivity index (χ3n) is 7.07. The van der Waals surface area contributed by atoms with Gasteiger partial charge in [-0.1, -0.05) is 68.8 Å². The molecule has 0 amide bonds. The zero-order valence-electron chi connectivity index (χ0n) is 23.1. The van der Waals surface area contributed by atoms with Gasteiger partial charge in [-0.25, -0.2) is 4.98 Å². The van der Waals surface area contributed by atoms with Crippen molar-refractivity contribution in [2.75, 3.05) is 0 Å². The molecule has 0 unspecified atom stereocenters. The molecule has 1 aromatic heterocycles. The number of fused-ring (bicyclic) bond motifs is 4. The normalized spacial score (nSPS) is 23.9. The Bertz CT molecular complexity index is 1620. The van der Waals surface area contributed by atoms with E-state index in [1.165, 1.54) is 0 Å². The van der Waals surface area contributed by atoms with E-state index in [2.05, 4.69) is 11.1 Å². The molecule has 0 saturated carbocycles. The monoisotopic (exact) mass is 661 g/mol. The molecular weight excluding hydrogens is 631 g/mol. The Morgan fingerprint density at radius 2 is 1.83 bits per heavy atom. The van der Waals surface area contributed by atoms with Crippen LogP contribution >= 0.6 is 0 Å². The van der Waals surface area contributed by atoms with Gasteiger partial charge in [-0.05, 0) is 30.1 Å². The van der Waals surface area contributed by atoms with E-state index in [0.29, 0.717) is 28.8 Å². The molecule has 6 heteroatoms. The van der Waals surface area contributed by atoms with Crippen LogP contribution < -0.4 is 4.74 Å². The smallest absolute Gasteiger partial charge is 0.217 e. The minimum absolute atomic E-state index is 0. The van der Waals surface area contributed by atoms with E-state index in [4.69, 9.17) is 18.6 Å². The number of benzene rings is 3. The zero-order chi connectivity index (χ0) is 26.9. The molecule has 0 saturated heterocycles. The summed E-state index contributed by atoms with van der Waals surface area (Å²) in [5.74, 6) is 0.938. The molecule has 3 aromatic carbocycles. The van der Waals surface area contributed by atoms with Crippen LogP contribution in [-0.4, -0.2) is 21.6 Å². The molecular formula is C30H27N2O3Pt-. The van der Waals surface area contributed by atoms with Crippen molar-refractivity contribution in [3.8, 4) is 17.4 Å². The van der Waals surface area contributed by atoms with Crippen molar-refractivity contribution in [3.63, 3.8) is 0 Å². The SMILES string of the molecule is [2H]C([2H])([2H])[C@@]12N=C(c3[c-]c(Oc4ccc5cccc(O)c5n4)ccc3)O[C@]1(C(C)(C)C)Cc1ccccc12.[Pt]. The van der Waals surface area contributed by atoms with Crippen LogP contribution in [0.15, 0.2) is 77.8 Å². The summed E-state index contributed by atoms with van der Waals surface area (Å²) < 4.78 is 38.7. The van der Waals surface area contributed by atoms with Gasteiger partial charge in [-0.2, -0.15) is 0 Å². The fourth-order valence-corrected chi connectivity index (χ4v) is 5.23. The number of aliphatic imine (C=N–C) groups is 1. The Labute approximate surface area is 229 Å². The molecule has 0 bridgehead atoms. The van der Waals surface area contributed by atoms with Crippen molar-refractivity contribution in [3.05, 3.63) is 95.6 Å². The van der Waals surface area contributed by atoms with Gasteiger partial charge >= 0.3 is 0 Å². The van der Waals surface area contributed by atoms with Gasteiger partial charge in [0.15, 0.2) is 0 Å². The van der Waals surface area contributed by atoms with E-state index in [-0.39, 0.29) is 38.6 Å². The second-order valence-corrected chi connectivity index (χ2v) is 10.2. The van der Waals surface area contributed by atoms with Crippen LogP contribution in [0.25, 0.3) is 10.9 Å². The second kappa shape index (κ2) is 8.45. The molecule has 2 atom stereocenters. The zero-order valence-corrected chi connectivity index (χ0v) is 22.4. The molecule has 0 radical (unpaired) electrons. The summed E-state index contributed by atoms with van der Waals surface area (Å²) >= 11 is 0. The fraction of sp³-hybridized carbons (Fsp3) is 0.267. The van der Waals surface area contributed by atoms with Crippen LogP contribution in [0.4, 0.5) is 0 Å². The predicted molar refractivity (Wildman–Crippen MR) is 136 cm³/mol. The van der Waals surface area contributed by atoms with Crippen molar-refractivity contribution in [2.24, 2.45) is 10.4 Å². The average Bonchev–Trinajstić information content (AvgIpc) is 3.36. The number of rotatable bonds is 3. The summed E-state index contributed by atoms with van der Waals surface area (Å²) in [6.07, 6.45) is 0.429. The van der Waals surface area contributed by atoms with E-state index >= 15 is 0 Å². The number of nitrogens with zero attached hydrogens (tertiary/aromatic N) is 2. The Kier molecular flexibility index (Phi) is 4.92. The van der Waals surface area contributed by atoms with E-state index in [0.717, 1.165) is 10.9 Å². The van der Waals surface area contributed by atoms with Gasteiger partial charge in [0.25, 0.3) is 0 Å². The number of aromatic nitrogens is 1. The maximum absolute atomic E-state index is 10.2. The maximum atomic E-state index is 10.2. The Hall–Kier alpha value is -3.17. The molecule has 36 heavy (non-hydrogen) atoms.